The number of rotatable bonds is 22. The Kier molecular flexibility index (Phi) is 32.5. The highest BCUT2D eigenvalue weighted by Crippen LogP contribution is 2.42. The van der Waals surface area contributed by atoms with E-state index in [2.05, 4.69) is 61.5 Å². The standard InChI is InChI=1S/C25H20ClFN2O2S.C23H17Cl2FN2O2S.C22H16Cl2FN3O2S.C21H14Cl2FN3.C20H13Cl2FN4/c26-22-14-19(7-8-23(22)27)29-25-10-11-28-24-9-6-18(13-21(24)25)17-2-1-3-20(12-17)32(30,31)15-16-4-5-16;1-31(29,30)13-16-10-14(2-5-19(16)24)15-3-7-22-18(11-15)23(8-9-27-22)28-17-4-6-21(26)20(25)12-17;1-31(29,30)12-15-8-14(11-27-22(15)24)13-2-5-20-17(9-13)21(6-7-26-20)28-16-3-4-19(25)18(23)10-16;22-16-4-1-13(10-19(16)25)12-2-6-20-15(9-12)21(7-8-26-20)27-14-3-5-18(24)17(23)11-14;21-15-9-13(2-3-16(15)23)27-19-5-6-25-18-4-1-11(7-14(18)19)12-8-17(24)20(22)26-10-12/h1-3,6-14,16H,4-5,15H2,(H,28,29);2-12H,13H2,1H3,(H,27,28);2-11H,12H2,1H3,(H,26,28);1-11H,25H2,(H,26,27);1-10H,24H2,(H,25,27). The van der Waals surface area contributed by atoms with Crippen LogP contribution in [0.15, 0.2) is 333 Å². The molecule has 0 saturated heterocycles. The molecule has 746 valence electrons. The van der Waals surface area contributed by atoms with E-state index in [0.29, 0.717) is 71.8 Å². The van der Waals surface area contributed by atoms with Crippen LogP contribution in [-0.2, 0) is 41.0 Å². The van der Waals surface area contributed by atoms with Crippen LogP contribution >= 0.6 is 104 Å². The summed E-state index contributed by atoms with van der Waals surface area (Å²) in [5.74, 6) is -2.18. The van der Waals surface area contributed by atoms with Crippen LogP contribution in [0.2, 0.25) is 45.5 Å². The third-order valence-corrected chi connectivity index (χ3v) is 29.7. The Balaban J connectivity index is 0.000000126. The highest BCUT2D eigenvalue weighted by atomic mass is 35.5. The predicted molar refractivity (Wildman–Crippen MR) is 596 cm³/mol. The number of anilines is 12. The van der Waals surface area contributed by atoms with Gasteiger partial charge in [0.1, 0.15) is 34.2 Å². The van der Waals surface area contributed by atoms with Gasteiger partial charge in [0.2, 0.25) is 0 Å². The molecule has 0 amide bonds. The van der Waals surface area contributed by atoms with Crippen molar-refractivity contribution in [3.8, 4) is 55.6 Å². The van der Waals surface area contributed by atoms with Gasteiger partial charge in [0.15, 0.2) is 34.7 Å². The quantitative estimate of drug-likeness (QED) is 0.0188. The normalized spacial score (nSPS) is 11.9. The number of nitrogen functional groups attached to an aromatic ring is 2. The van der Waals surface area contributed by atoms with Gasteiger partial charge in [0, 0.05) is 161 Å². The Bertz CT molecular complexity index is 8550. The summed E-state index contributed by atoms with van der Waals surface area (Å²) >= 11 is 53.7. The van der Waals surface area contributed by atoms with E-state index >= 15 is 0 Å². The van der Waals surface area contributed by atoms with Crippen LogP contribution in [0.1, 0.15) is 24.0 Å². The van der Waals surface area contributed by atoms with Crippen LogP contribution in [0.4, 0.5) is 90.2 Å². The van der Waals surface area contributed by atoms with Gasteiger partial charge in [-0.25, -0.2) is 57.2 Å². The minimum atomic E-state index is -3.29. The lowest BCUT2D eigenvalue weighted by atomic mass is 10.0. The maximum absolute atomic E-state index is 13.5. The maximum Gasteiger partial charge on any atom is 0.178 e. The van der Waals surface area contributed by atoms with Gasteiger partial charge in [0.25, 0.3) is 0 Å². The maximum atomic E-state index is 13.5. The minimum Gasteiger partial charge on any atom is -0.398 e. The van der Waals surface area contributed by atoms with Gasteiger partial charge >= 0.3 is 0 Å². The minimum absolute atomic E-state index is 0.0229. The molecule has 1 saturated carbocycles. The molecule has 20 aromatic rings. The van der Waals surface area contributed by atoms with E-state index in [4.69, 9.17) is 116 Å². The number of fused-ring (bicyclic) bond motifs is 5. The molecule has 0 unspecified atom stereocenters. The summed E-state index contributed by atoms with van der Waals surface area (Å²) in [7, 11) is -9.78. The number of nitrogens with one attached hydrogen (secondary N) is 5. The summed E-state index contributed by atoms with van der Waals surface area (Å²) in [6.07, 6.45) is 16.0. The molecule has 0 bridgehead atoms. The zero-order valence-electron chi connectivity index (χ0n) is 77.5. The van der Waals surface area contributed by atoms with Gasteiger partial charge in [-0.05, 0) is 299 Å². The number of aromatic nitrogens is 7. The smallest absolute Gasteiger partial charge is 0.178 e. The molecule has 1 aliphatic rings. The molecule has 7 aromatic heterocycles. The van der Waals surface area contributed by atoms with E-state index in [1.165, 1.54) is 60.9 Å². The van der Waals surface area contributed by atoms with Gasteiger partial charge in [-0.15, -0.1) is 0 Å². The van der Waals surface area contributed by atoms with Gasteiger partial charge in [0.05, 0.1) is 91.2 Å². The predicted octanol–water partition coefficient (Wildman–Crippen LogP) is 32.0. The summed E-state index contributed by atoms with van der Waals surface area (Å²) in [5.41, 5.74) is 33.6. The fraction of sp³-hybridized carbons (Fsp3) is 0.0721. The van der Waals surface area contributed by atoms with Crippen molar-refractivity contribution in [1.82, 2.24) is 34.9 Å². The van der Waals surface area contributed by atoms with Gasteiger partial charge < -0.3 is 38.1 Å². The largest absolute Gasteiger partial charge is 0.398 e. The van der Waals surface area contributed by atoms with Crippen LogP contribution < -0.4 is 38.1 Å². The first kappa shape index (κ1) is 105. The van der Waals surface area contributed by atoms with Crippen molar-refractivity contribution in [3.63, 3.8) is 0 Å². The molecule has 0 atom stereocenters. The lowest BCUT2D eigenvalue weighted by molar-refractivity contribution is 0.591. The highest BCUT2D eigenvalue weighted by molar-refractivity contribution is 7.91. The second kappa shape index (κ2) is 45.7. The number of halogens is 14. The van der Waals surface area contributed by atoms with Crippen LogP contribution in [0, 0.1) is 35.0 Å². The van der Waals surface area contributed by atoms with Crippen molar-refractivity contribution < 1.29 is 47.2 Å². The van der Waals surface area contributed by atoms with Gasteiger partial charge in [-0.1, -0.05) is 159 Å². The van der Waals surface area contributed by atoms with E-state index in [1.807, 2.05) is 140 Å². The number of hydrogen-bond donors (Lipinski definition) is 7. The molecular formula is C111H80Cl9F5N14O6S3. The van der Waals surface area contributed by atoms with Crippen molar-refractivity contribution in [3.05, 3.63) is 414 Å². The summed E-state index contributed by atoms with van der Waals surface area (Å²) in [6, 6.07) is 81.9. The third kappa shape index (κ3) is 26.5. The number of pyridine rings is 7. The van der Waals surface area contributed by atoms with E-state index in [9.17, 15) is 47.2 Å². The Hall–Kier alpha value is -14.1. The zero-order valence-corrected chi connectivity index (χ0v) is 86.8. The molecule has 1 aliphatic carbocycles. The van der Waals surface area contributed by atoms with E-state index < -0.39 is 58.6 Å². The highest BCUT2D eigenvalue weighted by Gasteiger charge is 2.30. The topological polar surface area (TPSA) is 305 Å². The van der Waals surface area contributed by atoms with E-state index in [-0.39, 0.29) is 52.7 Å². The van der Waals surface area contributed by atoms with Gasteiger partial charge in [-0.3, -0.25) is 24.9 Å². The van der Waals surface area contributed by atoms with Crippen molar-refractivity contribution in [1.29, 1.82) is 0 Å². The first-order chi connectivity index (χ1) is 70.8. The molecule has 0 spiro atoms. The van der Waals surface area contributed by atoms with Crippen molar-refractivity contribution >= 4 is 257 Å². The second-order valence-electron chi connectivity index (χ2n) is 34.4. The molecule has 0 radical (unpaired) electrons. The molecule has 37 heteroatoms. The fourth-order valence-corrected chi connectivity index (χ4v) is 20.9. The fourth-order valence-electron chi connectivity index (χ4n) is 15.9. The average molecular weight is 2220 g/mol. The lowest BCUT2D eigenvalue weighted by Crippen LogP contribution is -2.08. The number of nitrogens with two attached hydrogens (primary N) is 2. The van der Waals surface area contributed by atoms with Crippen molar-refractivity contribution in [2.45, 2.75) is 29.2 Å². The molecule has 148 heavy (non-hydrogen) atoms. The first-order valence-electron chi connectivity index (χ1n) is 44.9. The van der Waals surface area contributed by atoms with Crippen molar-refractivity contribution in [2.24, 2.45) is 5.92 Å². The molecule has 1 fully saturated rings. The first-order valence-corrected chi connectivity index (χ1v) is 54.1. The van der Waals surface area contributed by atoms with Crippen LogP contribution in [0.25, 0.3) is 110 Å². The number of benzene rings is 13. The molecule has 13 aromatic carbocycles. The number of nitrogens with zero attached hydrogens (tertiary/aromatic N) is 7. The lowest BCUT2D eigenvalue weighted by Gasteiger charge is -2.12. The molecule has 9 N–H and O–H groups in total. The summed E-state index contributed by atoms with van der Waals surface area (Å²) in [4.78, 5) is 30.6. The number of hydrogen-bond acceptors (Lipinski definition) is 20. The average Bonchev–Trinajstić information content (AvgIpc) is 1.49. The van der Waals surface area contributed by atoms with E-state index in [1.54, 1.807) is 134 Å². The van der Waals surface area contributed by atoms with Gasteiger partial charge in [-0.2, -0.15) is 0 Å². The number of sulfone groups is 3. The Morgan fingerprint density at radius 3 is 0.892 bits per heavy atom. The Morgan fingerprint density at radius 1 is 0.284 bits per heavy atom. The molecule has 7 heterocycles. The van der Waals surface area contributed by atoms with E-state index in [0.717, 1.165) is 158 Å². The Labute approximate surface area is 892 Å². The SMILES string of the molecule is CS(=O)(=O)Cc1cc(-c2ccc3nccc(Nc4ccc(F)c(Cl)c4)c3c2)ccc1Cl.CS(=O)(=O)Cc1cc(-c2ccc3nccc(Nc4ccc(F)c(Cl)c4)c3c2)cnc1Cl.Nc1cc(-c2ccc3nccc(Nc4ccc(F)c(Cl)c4)c3c2)ccc1Cl.Nc1cc(-c2ccc3nccc(Nc4ccc(F)c(Cl)c4)c3c2)cnc1Cl.O=S(=O)(CC1CC1)c1cccc(-c2ccc3nccc(Nc4ccc(F)c(Cl)c4)c3c2)c1. The zero-order chi connectivity index (χ0) is 105. The molecule has 20 nitrogen and oxygen atoms in total. The summed E-state index contributed by atoms with van der Waals surface area (Å²) in [6.45, 7) is 0. The van der Waals surface area contributed by atoms with Crippen LogP contribution in [0.3, 0.4) is 0 Å². The second-order valence-corrected chi connectivity index (χ2v) is 44.3. The van der Waals surface area contributed by atoms with Crippen molar-refractivity contribution in [2.75, 3.05) is 56.3 Å². The molecule has 21 rings (SSSR count). The monoisotopic (exact) mass is 2210 g/mol. The Morgan fingerprint density at radius 2 is 0.568 bits per heavy atom. The summed E-state index contributed by atoms with van der Waals surface area (Å²) < 4.78 is 140. The van der Waals surface area contributed by atoms with Crippen LogP contribution in [0.5, 0.6) is 0 Å². The molecule has 0 aliphatic heterocycles. The molecular weight excluding hydrogens is 2140 g/mol. The van der Waals surface area contributed by atoms with Crippen LogP contribution in [-0.4, -0.2) is 78.4 Å². The summed E-state index contributed by atoms with van der Waals surface area (Å²) in [5, 5.41) is 22.2. The third-order valence-electron chi connectivity index (χ3n) is 23.4.